The minimum absolute atomic E-state index is 0.0510. The second kappa shape index (κ2) is 3.86. The van der Waals surface area contributed by atoms with Crippen molar-refractivity contribution in [1.29, 1.82) is 0 Å². The molecule has 0 spiro atoms. The molecular weight excluding hydrogens is 210 g/mol. The Morgan fingerprint density at radius 3 is 2.59 bits per heavy atom. The summed E-state index contributed by atoms with van der Waals surface area (Å²) in [4.78, 5) is 11.4. The Labute approximate surface area is 103 Å². The van der Waals surface area contributed by atoms with E-state index in [0.29, 0.717) is 0 Å². The van der Waals surface area contributed by atoms with E-state index in [9.17, 15) is 4.79 Å². The van der Waals surface area contributed by atoms with Gasteiger partial charge in [-0.2, -0.15) is 0 Å². The highest BCUT2D eigenvalue weighted by Crippen LogP contribution is 2.46. The monoisotopic (exact) mass is 231 g/mol. The smallest absolute Gasteiger partial charge is 0.217 e. The van der Waals surface area contributed by atoms with Gasteiger partial charge in [0.1, 0.15) is 0 Å². The summed E-state index contributed by atoms with van der Waals surface area (Å²) < 4.78 is 0. The molecule has 1 aromatic carbocycles. The van der Waals surface area contributed by atoms with E-state index in [1.165, 1.54) is 22.3 Å². The first-order valence-electron chi connectivity index (χ1n) is 6.18. The fourth-order valence-electron chi connectivity index (χ4n) is 2.98. The maximum absolute atomic E-state index is 11.4. The van der Waals surface area contributed by atoms with Crippen LogP contribution in [0.4, 0.5) is 0 Å². The zero-order chi connectivity index (χ0) is 12.8. The molecule has 0 heterocycles. The van der Waals surface area contributed by atoms with Crippen LogP contribution in [0.2, 0.25) is 0 Å². The molecule has 17 heavy (non-hydrogen) atoms. The van der Waals surface area contributed by atoms with Crippen molar-refractivity contribution in [2.24, 2.45) is 5.41 Å². The van der Waals surface area contributed by atoms with E-state index in [-0.39, 0.29) is 17.4 Å². The third-order valence-electron chi connectivity index (χ3n) is 3.72. The Morgan fingerprint density at radius 1 is 1.35 bits per heavy atom. The molecule has 0 radical (unpaired) electrons. The lowest BCUT2D eigenvalue weighted by Gasteiger charge is -2.28. The van der Waals surface area contributed by atoms with Gasteiger partial charge < -0.3 is 5.32 Å². The van der Waals surface area contributed by atoms with Crippen molar-refractivity contribution in [3.05, 3.63) is 34.4 Å². The quantitative estimate of drug-likeness (QED) is 0.790. The van der Waals surface area contributed by atoms with Crippen LogP contribution < -0.4 is 5.32 Å². The third-order valence-corrected chi connectivity index (χ3v) is 3.72. The summed E-state index contributed by atoms with van der Waals surface area (Å²) in [6, 6.07) is 4.59. The van der Waals surface area contributed by atoms with E-state index < -0.39 is 0 Å². The molecule has 0 bridgehead atoms. The van der Waals surface area contributed by atoms with Crippen LogP contribution in [0.15, 0.2) is 12.1 Å². The van der Waals surface area contributed by atoms with Crippen molar-refractivity contribution >= 4 is 5.91 Å². The lowest BCUT2D eigenvalue weighted by molar-refractivity contribution is -0.120. The zero-order valence-electron chi connectivity index (χ0n) is 11.3. The van der Waals surface area contributed by atoms with Crippen LogP contribution in [-0.4, -0.2) is 5.91 Å². The minimum atomic E-state index is 0.0510. The summed E-state index contributed by atoms with van der Waals surface area (Å²) in [6.07, 6.45) is 1.04. The topological polar surface area (TPSA) is 29.1 Å². The number of rotatable bonds is 1. The minimum Gasteiger partial charge on any atom is -0.349 e. The van der Waals surface area contributed by atoms with E-state index in [1.54, 1.807) is 6.92 Å². The lowest BCUT2D eigenvalue weighted by Crippen LogP contribution is -2.34. The van der Waals surface area contributed by atoms with Crippen LogP contribution in [-0.2, 0) is 11.2 Å². The molecular formula is C15H21NO. The van der Waals surface area contributed by atoms with Crippen LogP contribution in [0.3, 0.4) is 0 Å². The average Bonchev–Trinajstić information content (AvgIpc) is 2.40. The normalized spacial score (nSPS) is 21.1. The summed E-state index contributed by atoms with van der Waals surface area (Å²) in [7, 11) is 0. The fraction of sp³-hybridized carbons (Fsp3) is 0.533. The maximum Gasteiger partial charge on any atom is 0.217 e. The molecule has 0 aliphatic heterocycles. The molecule has 0 fully saturated rings. The van der Waals surface area contributed by atoms with Gasteiger partial charge in [0, 0.05) is 6.92 Å². The van der Waals surface area contributed by atoms with Gasteiger partial charge in [0.2, 0.25) is 5.91 Å². The first kappa shape index (κ1) is 12.2. The molecule has 1 atom stereocenters. The van der Waals surface area contributed by atoms with Gasteiger partial charge in [0.15, 0.2) is 0 Å². The van der Waals surface area contributed by atoms with Crippen molar-refractivity contribution in [3.8, 4) is 0 Å². The SMILES string of the molecule is CC(=O)NC1c2cc(C)cc(C)c2CC1(C)C. The predicted molar refractivity (Wildman–Crippen MR) is 70.0 cm³/mol. The highest BCUT2D eigenvalue weighted by molar-refractivity contribution is 5.74. The van der Waals surface area contributed by atoms with Crippen molar-refractivity contribution in [2.45, 2.75) is 47.1 Å². The van der Waals surface area contributed by atoms with Crippen LogP contribution >= 0.6 is 0 Å². The summed E-state index contributed by atoms with van der Waals surface area (Å²) in [6.45, 7) is 10.3. The summed E-state index contributed by atoms with van der Waals surface area (Å²) in [5.41, 5.74) is 5.45. The number of hydrogen-bond acceptors (Lipinski definition) is 1. The van der Waals surface area contributed by atoms with Crippen molar-refractivity contribution in [1.82, 2.24) is 5.32 Å². The number of amides is 1. The van der Waals surface area contributed by atoms with E-state index in [2.05, 4.69) is 45.1 Å². The van der Waals surface area contributed by atoms with Gasteiger partial charge in [-0.15, -0.1) is 0 Å². The first-order valence-corrected chi connectivity index (χ1v) is 6.18. The van der Waals surface area contributed by atoms with Gasteiger partial charge in [-0.1, -0.05) is 31.5 Å². The van der Waals surface area contributed by atoms with Crippen LogP contribution in [0.25, 0.3) is 0 Å². The van der Waals surface area contributed by atoms with E-state index in [1.807, 2.05) is 0 Å². The Hall–Kier alpha value is -1.31. The summed E-state index contributed by atoms with van der Waals surface area (Å²) in [5, 5.41) is 3.10. The molecule has 1 aliphatic carbocycles. The second-order valence-corrected chi connectivity index (χ2v) is 5.95. The number of carbonyl (C=O) groups is 1. The zero-order valence-corrected chi connectivity index (χ0v) is 11.3. The Kier molecular flexibility index (Phi) is 2.76. The van der Waals surface area contributed by atoms with Crippen LogP contribution in [0.1, 0.15) is 49.1 Å². The van der Waals surface area contributed by atoms with Gasteiger partial charge >= 0.3 is 0 Å². The first-order chi connectivity index (χ1) is 7.81. The molecule has 2 rings (SSSR count). The Morgan fingerprint density at radius 2 is 2.00 bits per heavy atom. The van der Waals surface area contributed by atoms with Crippen molar-refractivity contribution in [2.75, 3.05) is 0 Å². The number of nitrogens with one attached hydrogen (secondary N) is 1. The van der Waals surface area contributed by atoms with Crippen molar-refractivity contribution in [3.63, 3.8) is 0 Å². The lowest BCUT2D eigenvalue weighted by atomic mass is 9.85. The van der Waals surface area contributed by atoms with Gasteiger partial charge in [0.05, 0.1) is 6.04 Å². The number of fused-ring (bicyclic) bond motifs is 1. The Balaban J connectivity index is 2.51. The van der Waals surface area contributed by atoms with Crippen LogP contribution in [0.5, 0.6) is 0 Å². The average molecular weight is 231 g/mol. The third kappa shape index (κ3) is 2.08. The molecule has 0 aromatic heterocycles. The molecule has 1 amide bonds. The van der Waals surface area contributed by atoms with Gasteiger partial charge in [-0.25, -0.2) is 0 Å². The molecule has 2 heteroatoms. The predicted octanol–water partition coefficient (Wildman–Crippen LogP) is 3.06. The molecule has 1 aliphatic rings. The van der Waals surface area contributed by atoms with Crippen molar-refractivity contribution < 1.29 is 4.79 Å². The molecule has 0 saturated carbocycles. The summed E-state index contributed by atoms with van der Waals surface area (Å²) in [5.74, 6) is 0.0510. The van der Waals surface area contributed by atoms with E-state index in [0.717, 1.165) is 6.42 Å². The fourth-order valence-corrected chi connectivity index (χ4v) is 2.98. The van der Waals surface area contributed by atoms with Crippen LogP contribution in [0, 0.1) is 19.3 Å². The number of aryl methyl sites for hydroxylation is 2. The standard InChI is InChI=1S/C15H21NO/c1-9-6-10(2)13-8-15(4,5)14(12(13)7-9)16-11(3)17/h6-7,14H,8H2,1-5H3,(H,16,17). The molecule has 1 N–H and O–H groups in total. The molecule has 92 valence electrons. The van der Waals surface area contributed by atoms with E-state index >= 15 is 0 Å². The second-order valence-electron chi connectivity index (χ2n) is 5.95. The molecule has 1 unspecified atom stereocenters. The van der Waals surface area contributed by atoms with Gasteiger partial charge in [-0.3, -0.25) is 4.79 Å². The highest BCUT2D eigenvalue weighted by atomic mass is 16.1. The largest absolute Gasteiger partial charge is 0.349 e. The maximum atomic E-state index is 11.4. The van der Waals surface area contributed by atoms with Gasteiger partial charge in [0.25, 0.3) is 0 Å². The highest BCUT2D eigenvalue weighted by Gasteiger charge is 2.40. The molecule has 0 saturated heterocycles. The molecule has 1 aromatic rings. The summed E-state index contributed by atoms with van der Waals surface area (Å²) >= 11 is 0. The Bertz CT molecular complexity index is 474. The number of hydrogen-bond donors (Lipinski definition) is 1. The van der Waals surface area contributed by atoms with E-state index in [4.69, 9.17) is 0 Å². The number of benzene rings is 1. The van der Waals surface area contributed by atoms with Gasteiger partial charge in [-0.05, 0) is 42.4 Å². The number of carbonyl (C=O) groups excluding carboxylic acids is 1. The molecule has 2 nitrogen and oxygen atoms in total.